The van der Waals surface area contributed by atoms with Crippen molar-refractivity contribution >= 4 is 76.1 Å². The zero-order chi connectivity index (χ0) is 36.7. The Bertz CT molecular complexity index is 3560. The van der Waals surface area contributed by atoms with Gasteiger partial charge in [0, 0.05) is 38.9 Å². The van der Waals surface area contributed by atoms with Crippen LogP contribution in [-0.4, -0.2) is 24.5 Å². The van der Waals surface area contributed by atoms with Crippen LogP contribution >= 0.6 is 0 Å². The van der Waals surface area contributed by atoms with E-state index in [-0.39, 0.29) is 0 Å². The number of benzene rings is 8. The first-order valence-corrected chi connectivity index (χ1v) is 18.7. The van der Waals surface area contributed by atoms with E-state index >= 15 is 0 Å². The molecule has 8 aromatic carbocycles. The molecule has 6 heteroatoms. The summed E-state index contributed by atoms with van der Waals surface area (Å²) in [7, 11) is 0. The summed E-state index contributed by atoms with van der Waals surface area (Å²) in [6.07, 6.45) is 3.60. The molecule has 0 radical (unpaired) electrons. The van der Waals surface area contributed by atoms with Gasteiger partial charge in [0.05, 0.1) is 17.2 Å². The van der Waals surface area contributed by atoms with Crippen LogP contribution in [0.3, 0.4) is 0 Å². The van der Waals surface area contributed by atoms with Crippen molar-refractivity contribution in [3.63, 3.8) is 0 Å². The lowest BCUT2D eigenvalue weighted by molar-refractivity contribution is 0.667. The molecule has 0 amide bonds. The summed E-state index contributed by atoms with van der Waals surface area (Å²) in [6.45, 7) is 0. The van der Waals surface area contributed by atoms with Crippen molar-refractivity contribution in [1.29, 1.82) is 0 Å². The summed E-state index contributed by atoms with van der Waals surface area (Å²) in [4.78, 5) is 20.5. The fourth-order valence-corrected chi connectivity index (χ4v) is 8.44. The van der Waals surface area contributed by atoms with Crippen molar-refractivity contribution in [2.45, 2.75) is 0 Å². The number of rotatable bonds is 4. The van der Waals surface area contributed by atoms with Gasteiger partial charge in [-0.15, -0.1) is 0 Å². The topological polar surface area (TPSA) is 69.6 Å². The fraction of sp³-hybridized carbons (Fsp3) is 0. The minimum absolute atomic E-state index is 0.518. The summed E-state index contributed by atoms with van der Waals surface area (Å²) in [5, 5.41) is 11.2. The molecule has 12 aromatic rings. The Balaban J connectivity index is 1.18. The van der Waals surface area contributed by atoms with Gasteiger partial charge >= 0.3 is 0 Å². The summed E-state index contributed by atoms with van der Waals surface area (Å²) >= 11 is 0. The van der Waals surface area contributed by atoms with Crippen molar-refractivity contribution in [3.8, 4) is 39.9 Å². The fourth-order valence-electron chi connectivity index (χ4n) is 8.44. The highest BCUT2D eigenvalue weighted by molar-refractivity contribution is 6.21. The molecule has 12 rings (SSSR count). The van der Waals surface area contributed by atoms with Gasteiger partial charge in [-0.2, -0.15) is 9.97 Å². The molecule has 4 heterocycles. The molecule has 0 N–H and O–H groups in total. The molecule has 260 valence electrons. The van der Waals surface area contributed by atoms with E-state index in [1.807, 2.05) is 24.4 Å². The number of para-hydroxylation sites is 1. The number of fused-ring (bicyclic) bond motifs is 10. The number of hydrogen-bond donors (Lipinski definition) is 0. The van der Waals surface area contributed by atoms with E-state index in [0.29, 0.717) is 23.2 Å². The van der Waals surface area contributed by atoms with Crippen molar-refractivity contribution in [1.82, 2.24) is 24.5 Å². The average Bonchev–Trinajstić information content (AvgIpc) is 3.82. The lowest BCUT2D eigenvalue weighted by atomic mass is 9.99. The van der Waals surface area contributed by atoms with Crippen LogP contribution in [0.25, 0.3) is 116 Å². The number of aromatic nitrogens is 5. The third kappa shape index (κ3) is 4.69. The van der Waals surface area contributed by atoms with Gasteiger partial charge in [0.2, 0.25) is 5.95 Å². The molecular formula is C50H29N5O. The Labute approximate surface area is 320 Å². The van der Waals surface area contributed by atoms with Gasteiger partial charge in [-0.25, -0.2) is 4.98 Å². The van der Waals surface area contributed by atoms with E-state index in [1.165, 1.54) is 21.5 Å². The van der Waals surface area contributed by atoms with E-state index in [2.05, 4.69) is 155 Å². The van der Waals surface area contributed by atoms with Crippen LogP contribution in [0.5, 0.6) is 0 Å². The highest BCUT2D eigenvalue weighted by Gasteiger charge is 2.22. The molecule has 0 atom stereocenters. The Morgan fingerprint density at radius 3 is 1.84 bits per heavy atom. The summed E-state index contributed by atoms with van der Waals surface area (Å²) in [5.41, 5.74) is 7.42. The smallest absolute Gasteiger partial charge is 0.238 e. The first-order chi connectivity index (χ1) is 27.7. The number of hydrogen-bond acceptors (Lipinski definition) is 5. The Morgan fingerprint density at radius 2 is 1.02 bits per heavy atom. The number of nitrogens with zero attached hydrogens (tertiary/aromatic N) is 5. The molecule has 0 aliphatic heterocycles. The van der Waals surface area contributed by atoms with Crippen LogP contribution in [0.1, 0.15) is 0 Å². The van der Waals surface area contributed by atoms with Gasteiger partial charge in [-0.05, 0) is 73.8 Å². The van der Waals surface area contributed by atoms with E-state index in [4.69, 9.17) is 19.4 Å². The molecule has 0 saturated carbocycles. The molecule has 0 aliphatic carbocycles. The maximum absolute atomic E-state index is 6.28. The van der Waals surface area contributed by atoms with E-state index < -0.39 is 0 Å². The maximum Gasteiger partial charge on any atom is 0.238 e. The van der Waals surface area contributed by atoms with Gasteiger partial charge in [-0.3, -0.25) is 9.55 Å². The second-order valence-electron chi connectivity index (χ2n) is 14.3. The molecule has 0 fully saturated rings. The van der Waals surface area contributed by atoms with E-state index in [0.717, 1.165) is 71.2 Å². The van der Waals surface area contributed by atoms with Crippen LogP contribution in [0.4, 0.5) is 0 Å². The Hall–Kier alpha value is -7.70. The molecule has 6 nitrogen and oxygen atoms in total. The van der Waals surface area contributed by atoms with Crippen LogP contribution in [0, 0.1) is 0 Å². The SMILES string of the molecule is c1ccc2cc(-c3ccc4c5c6ccccc6ccc5n(-c5nc(-c6ccc7ccccc7c6)nc(-c6cncc7oc8ccccc8c67)n5)c4c3)ccc2c1. The standard InChI is InChI=1S/C50H29N5O/c1-3-12-33-25-35(19-17-30(33)9-1)36-21-23-39-43(27-36)55(42-24-22-32-11-5-6-14-38(32)46(39)42)50-53-48(37-20-18-31-10-2-4-13-34(31)26-37)52-49(54-50)41-28-51-29-45-47(41)40-15-7-8-16-44(40)56-45/h1-29H. The molecule has 0 bridgehead atoms. The molecule has 56 heavy (non-hydrogen) atoms. The summed E-state index contributed by atoms with van der Waals surface area (Å²) in [6, 6.07) is 57.6. The minimum Gasteiger partial charge on any atom is -0.454 e. The van der Waals surface area contributed by atoms with Crippen LogP contribution in [-0.2, 0) is 0 Å². The average molecular weight is 716 g/mol. The van der Waals surface area contributed by atoms with Crippen LogP contribution in [0.15, 0.2) is 181 Å². The van der Waals surface area contributed by atoms with Gasteiger partial charge in [-0.1, -0.05) is 133 Å². The summed E-state index contributed by atoms with van der Waals surface area (Å²) in [5.74, 6) is 1.61. The highest BCUT2D eigenvalue weighted by Crippen LogP contribution is 2.40. The molecule has 0 spiro atoms. The normalized spacial score (nSPS) is 11.9. The van der Waals surface area contributed by atoms with Crippen molar-refractivity contribution in [2.75, 3.05) is 0 Å². The van der Waals surface area contributed by atoms with Crippen molar-refractivity contribution in [3.05, 3.63) is 176 Å². The van der Waals surface area contributed by atoms with Crippen molar-refractivity contribution in [2.24, 2.45) is 0 Å². The zero-order valence-electron chi connectivity index (χ0n) is 29.9. The van der Waals surface area contributed by atoms with Gasteiger partial charge in [0.25, 0.3) is 0 Å². The number of pyridine rings is 1. The lowest BCUT2D eigenvalue weighted by Crippen LogP contribution is -2.06. The second kappa shape index (κ2) is 11.9. The first-order valence-electron chi connectivity index (χ1n) is 18.7. The molecule has 0 aliphatic rings. The third-order valence-corrected chi connectivity index (χ3v) is 11.1. The quantitative estimate of drug-likeness (QED) is 0.181. The largest absolute Gasteiger partial charge is 0.454 e. The van der Waals surface area contributed by atoms with Gasteiger partial charge in [0.15, 0.2) is 17.2 Å². The predicted octanol–water partition coefficient (Wildman–Crippen LogP) is 12.7. The zero-order valence-corrected chi connectivity index (χ0v) is 29.9. The van der Waals surface area contributed by atoms with Gasteiger partial charge in [0.1, 0.15) is 5.58 Å². The predicted molar refractivity (Wildman–Crippen MR) is 228 cm³/mol. The summed E-state index contributed by atoms with van der Waals surface area (Å²) < 4.78 is 8.49. The molecule has 0 unspecified atom stereocenters. The monoisotopic (exact) mass is 715 g/mol. The third-order valence-electron chi connectivity index (χ3n) is 11.1. The first kappa shape index (κ1) is 30.7. The second-order valence-corrected chi connectivity index (χ2v) is 14.3. The Kier molecular flexibility index (Phi) is 6.53. The van der Waals surface area contributed by atoms with Crippen molar-refractivity contribution < 1.29 is 4.42 Å². The molecule has 4 aromatic heterocycles. The molecule has 0 saturated heterocycles. The lowest BCUT2D eigenvalue weighted by Gasteiger charge is -2.12. The Morgan fingerprint density at radius 1 is 0.393 bits per heavy atom. The molecular weight excluding hydrogens is 687 g/mol. The van der Waals surface area contributed by atoms with E-state index in [1.54, 1.807) is 6.20 Å². The minimum atomic E-state index is 0.518. The maximum atomic E-state index is 6.28. The number of furan rings is 1. The van der Waals surface area contributed by atoms with Crippen LogP contribution in [0.2, 0.25) is 0 Å². The van der Waals surface area contributed by atoms with E-state index in [9.17, 15) is 0 Å². The highest BCUT2D eigenvalue weighted by atomic mass is 16.3. The van der Waals surface area contributed by atoms with Crippen LogP contribution < -0.4 is 0 Å². The van der Waals surface area contributed by atoms with Gasteiger partial charge < -0.3 is 4.42 Å².